The van der Waals surface area contributed by atoms with Crippen LogP contribution in [0.2, 0.25) is 10.0 Å². The summed E-state index contributed by atoms with van der Waals surface area (Å²) < 4.78 is 7.84. The van der Waals surface area contributed by atoms with Gasteiger partial charge in [-0.15, -0.1) is 0 Å². The van der Waals surface area contributed by atoms with E-state index < -0.39 is 17.2 Å². The fraction of sp³-hybridized carbons (Fsp3) is 0.324. The molecule has 3 atom stereocenters. The van der Waals surface area contributed by atoms with Crippen molar-refractivity contribution in [2.45, 2.75) is 38.3 Å². The molecule has 244 valence electrons. The van der Waals surface area contributed by atoms with Gasteiger partial charge in [0.15, 0.2) is 0 Å². The molecule has 1 aliphatic heterocycles. The second-order valence-corrected chi connectivity index (χ2v) is 12.8. The van der Waals surface area contributed by atoms with Gasteiger partial charge >= 0.3 is 5.69 Å². The SMILES string of the molecule is COc1nc(-c2cccc(-c3cccc(NC(=O)c4cn(C)c(=O)n(C)c4=O)c3Cl)c2Cl)cc2c1[C@@H](NC[C@@H]1CCC(=O)N1)[C@H](C)C2. The molecule has 2 amide bonds. The standard InChI is InChI=1S/C34H34Cl2N6O5/c1-17-13-18-14-25(40-32(47-4)27(18)30(17)37-15-19-11-12-26(43)38-19)22-9-5-7-20(28(22)35)21-8-6-10-24(29(21)36)39-31(44)23-16-41(2)34(46)42(3)33(23)45/h5-10,14,16-17,19,30,37H,11-13,15H2,1-4H3,(H,38,43)(H,39,44)/t17-,19+,30+/m1/s1. The highest BCUT2D eigenvalue weighted by Crippen LogP contribution is 2.45. The van der Waals surface area contributed by atoms with Crippen molar-refractivity contribution in [3.05, 3.63) is 96.2 Å². The van der Waals surface area contributed by atoms with Gasteiger partial charge < -0.3 is 25.3 Å². The monoisotopic (exact) mass is 676 g/mol. The van der Waals surface area contributed by atoms with Crippen LogP contribution < -0.4 is 31.9 Å². The van der Waals surface area contributed by atoms with Gasteiger partial charge in [0, 0.05) is 67.6 Å². The van der Waals surface area contributed by atoms with E-state index >= 15 is 0 Å². The largest absolute Gasteiger partial charge is 0.481 e. The maximum absolute atomic E-state index is 13.1. The molecule has 3 N–H and O–H groups in total. The van der Waals surface area contributed by atoms with Gasteiger partial charge in [-0.25, -0.2) is 9.78 Å². The number of anilines is 1. The van der Waals surface area contributed by atoms with E-state index in [1.165, 1.54) is 20.3 Å². The van der Waals surface area contributed by atoms with Crippen LogP contribution in [-0.4, -0.2) is 45.6 Å². The van der Waals surface area contributed by atoms with Crippen molar-refractivity contribution < 1.29 is 14.3 Å². The number of carbonyl (C=O) groups is 2. The molecule has 0 radical (unpaired) electrons. The van der Waals surface area contributed by atoms with E-state index in [1.807, 2.05) is 24.3 Å². The number of aryl methyl sites for hydroxylation is 1. The van der Waals surface area contributed by atoms with Gasteiger partial charge in [-0.05, 0) is 36.5 Å². The van der Waals surface area contributed by atoms with Gasteiger partial charge in [0.2, 0.25) is 11.8 Å². The maximum atomic E-state index is 13.1. The van der Waals surface area contributed by atoms with Crippen LogP contribution in [0.1, 0.15) is 47.3 Å². The number of nitrogens with zero attached hydrogens (tertiary/aromatic N) is 3. The van der Waals surface area contributed by atoms with Crippen LogP contribution in [0.3, 0.4) is 0 Å². The van der Waals surface area contributed by atoms with Crippen LogP contribution in [0.15, 0.2) is 58.3 Å². The number of hydrogen-bond acceptors (Lipinski definition) is 7. The molecule has 1 aliphatic carbocycles. The first-order chi connectivity index (χ1) is 22.5. The van der Waals surface area contributed by atoms with Crippen molar-refractivity contribution in [3.63, 3.8) is 0 Å². The molecular formula is C34H34Cl2N6O5. The molecule has 0 bridgehead atoms. The third-order valence-corrected chi connectivity index (χ3v) is 9.71. The van der Waals surface area contributed by atoms with E-state index in [2.05, 4.69) is 22.9 Å². The minimum Gasteiger partial charge on any atom is -0.481 e. The van der Waals surface area contributed by atoms with Crippen molar-refractivity contribution in [2.75, 3.05) is 19.0 Å². The number of pyridine rings is 1. The predicted molar refractivity (Wildman–Crippen MR) is 181 cm³/mol. The number of nitrogens with one attached hydrogen (secondary N) is 3. The Morgan fingerprint density at radius 3 is 2.47 bits per heavy atom. The van der Waals surface area contributed by atoms with Crippen molar-refractivity contribution >= 4 is 40.7 Å². The number of carbonyl (C=O) groups excluding carboxylic acids is 2. The molecule has 3 heterocycles. The summed E-state index contributed by atoms with van der Waals surface area (Å²) in [6, 6.07) is 12.9. The van der Waals surface area contributed by atoms with Gasteiger partial charge in [-0.3, -0.25) is 19.0 Å². The summed E-state index contributed by atoms with van der Waals surface area (Å²) in [5.74, 6) is 0.187. The van der Waals surface area contributed by atoms with E-state index in [4.69, 9.17) is 32.9 Å². The van der Waals surface area contributed by atoms with Crippen LogP contribution in [-0.2, 0) is 25.3 Å². The summed E-state index contributed by atoms with van der Waals surface area (Å²) in [4.78, 5) is 54.4. The molecule has 1 saturated heterocycles. The lowest BCUT2D eigenvalue weighted by Gasteiger charge is -2.22. The van der Waals surface area contributed by atoms with Crippen LogP contribution in [0, 0.1) is 5.92 Å². The molecule has 0 saturated carbocycles. The van der Waals surface area contributed by atoms with Crippen molar-refractivity contribution in [2.24, 2.45) is 20.0 Å². The zero-order chi connectivity index (χ0) is 33.6. The number of aromatic nitrogens is 3. The number of methoxy groups -OCH3 is 1. The van der Waals surface area contributed by atoms with Gasteiger partial charge in [0.25, 0.3) is 11.5 Å². The lowest BCUT2D eigenvalue weighted by Crippen LogP contribution is -2.40. The number of halogens is 2. The molecule has 13 heteroatoms. The second-order valence-electron chi connectivity index (χ2n) is 12.0. The van der Waals surface area contributed by atoms with Gasteiger partial charge in [-0.1, -0.05) is 60.5 Å². The third kappa shape index (κ3) is 6.06. The minimum absolute atomic E-state index is 0.0264. The van der Waals surface area contributed by atoms with Crippen molar-refractivity contribution in [1.82, 2.24) is 24.8 Å². The predicted octanol–water partition coefficient (Wildman–Crippen LogP) is 4.48. The van der Waals surface area contributed by atoms with Crippen LogP contribution >= 0.6 is 23.2 Å². The molecule has 2 aromatic heterocycles. The molecule has 4 aromatic rings. The third-order valence-electron chi connectivity index (χ3n) is 8.90. The first-order valence-corrected chi connectivity index (χ1v) is 16.0. The molecule has 6 rings (SSSR count). The molecule has 2 aromatic carbocycles. The average molecular weight is 678 g/mol. The Morgan fingerprint density at radius 2 is 1.77 bits per heavy atom. The Kier molecular flexibility index (Phi) is 8.97. The van der Waals surface area contributed by atoms with Crippen LogP contribution in [0.4, 0.5) is 5.69 Å². The second kappa shape index (κ2) is 13.0. The lowest BCUT2D eigenvalue weighted by atomic mass is 9.99. The van der Waals surface area contributed by atoms with E-state index in [9.17, 15) is 19.2 Å². The summed E-state index contributed by atoms with van der Waals surface area (Å²) in [5, 5.41) is 9.99. The van der Waals surface area contributed by atoms with Crippen molar-refractivity contribution in [1.29, 1.82) is 0 Å². The normalized spacial score (nSPS) is 18.6. The number of ether oxygens (including phenoxy) is 1. The number of amides is 2. The van der Waals surface area contributed by atoms with E-state index in [1.54, 1.807) is 25.3 Å². The molecule has 47 heavy (non-hydrogen) atoms. The molecular weight excluding hydrogens is 643 g/mol. The minimum atomic E-state index is -0.718. The summed E-state index contributed by atoms with van der Waals surface area (Å²) in [6.45, 7) is 2.85. The summed E-state index contributed by atoms with van der Waals surface area (Å²) >= 11 is 13.9. The molecule has 2 aliphatic rings. The number of fused-ring (bicyclic) bond motifs is 1. The van der Waals surface area contributed by atoms with Crippen molar-refractivity contribution in [3.8, 4) is 28.3 Å². The topological polar surface area (TPSA) is 136 Å². The Balaban J connectivity index is 1.31. The Hall–Kier alpha value is -4.45. The lowest BCUT2D eigenvalue weighted by molar-refractivity contribution is -0.119. The smallest absolute Gasteiger partial charge is 0.330 e. The molecule has 0 spiro atoms. The number of rotatable bonds is 8. The van der Waals surface area contributed by atoms with Gasteiger partial charge in [0.1, 0.15) is 5.56 Å². The zero-order valence-electron chi connectivity index (χ0n) is 26.3. The highest BCUT2D eigenvalue weighted by molar-refractivity contribution is 6.39. The molecule has 11 nitrogen and oxygen atoms in total. The van der Waals surface area contributed by atoms with E-state index in [-0.39, 0.29) is 40.2 Å². The van der Waals surface area contributed by atoms with Gasteiger partial charge in [-0.2, -0.15) is 0 Å². The zero-order valence-corrected chi connectivity index (χ0v) is 27.8. The summed E-state index contributed by atoms with van der Waals surface area (Å²) in [6.07, 6.45) is 3.39. The Labute approximate surface area is 280 Å². The number of hydrogen-bond donors (Lipinski definition) is 3. The average Bonchev–Trinajstić information content (AvgIpc) is 3.62. The van der Waals surface area contributed by atoms with Crippen LogP contribution in [0.5, 0.6) is 5.88 Å². The fourth-order valence-corrected chi connectivity index (χ4v) is 7.06. The number of benzene rings is 2. The Bertz CT molecular complexity index is 2040. The van der Waals surface area contributed by atoms with E-state index in [0.717, 1.165) is 33.1 Å². The first-order valence-electron chi connectivity index (χ1n) is 15.2. The van der Waals surface area contributed by atoms with Gasteiger partial charge in [0.05, 0.1) is 28.5 Å². The molecule has 1 fully saturated rings. The van der Waals surface area contributed by atoms with E-state index in [0.29, 0.717) is 46.3 Å². The quantitative estimate of drug-likeness (QED) is 0.250. The highest BCUT2D eigenvalue weighted by atomic mass is 35.5. The summed E-state index contributed by atoms with van der Waals surface area (Å²) in [7, 11) is 4.37. The fourth-order valence-electron chi connectivity index (χ4n) is 6.46. The highest BCUT2D eigenvalue weighted by Gasteiger charge is 2.35. The first kappa shape index (κ1) is 32.5. The molecule has 0 unspecified atom stereocenters. The Morgan fingerprint density at radius 1 is 1.06 bits per heavy atom. The summed E-state index contributed by atoms with van der Waals surface area (Å²) in [5.41, 5.74) is 3.45. The van der Waals surface area contributed by atoms with Crippen LogP contribution in [0.25, 0.3) is 22.4 Å². The maximum Gasteiger partial charge on any atom is 0.330 e.